The van der Waals surface area contributed by atoms with Gasteiger partial charge in [-0.05, 0) is 48.9 Å². The van der Waals surface area contributed by atoms with Crippen LogP contribution < -0.4 is 10.1 Å². The summed E-state index contributed by atoms with van der Waals surface area (Å²) in [6.45, 7) is 2.58. The van der Waals surface area contributed by atoms with E-state index in [4.69, 9.17) is 4.74 Å². The van der Waals surface area contributed by atoms with Crippen molar-refractivity contribution in [3.63, 3.8) is 0 Å². The molecule has 1 N–H and O–H groups in total. The van der Waals surface area contributed by atoms with E-state index in [1.165, 1.54) is 32.3 Å². The van der Waals surface area contributed by atoms with Crippen LogP contribution in [-0.4, -0.2) is 40.0 Å². The fourth-order valence-electron chi connectivity index (χ4n) is 1.99. The zero-order valence-corrected chi connectivity index (χ0v) is 14.7. The van der Waals surface area contributed by atoms with E-state index in [-0.39, 0.29) is 10.7 Å². The molecule has 0 aliphatic heterocycles. The standard InChI is InChI=1S/C17H21FN2O3S/c1-13-4-5-14(12-17(13)18)19-10-11-23-15-6-8-16(9-7-15)24(21,22)20(2)3/h4-9,12,19H,10-11H2,1-3H3. The van der Waals surface area contributed by atoms with Crippen LogP contribution in [0, 0.1) is 12.7 Å². The molecule has 0 saturated carbocycles. The van der Waals surface area contributed by atoms with E-state index in [2.05, 4.69) is 5.32 Å². The van der Waals surface area contributed by atoms with Crippen molar-refractivity contribution in [1.82, 2.24) is 4.31 Å². The van der Waals surface area contributed by atoms with Crippen LogP contribution in [-0.2, 0) is 10.0 Å². The average molecular weight is 352 g/mol. The molecule has 0 fully saturated rings. The second kappa shape index (κ2) is 7.63. The summed E-state index contributed by atoms with van der Waals surface area (Å²) in [5, 5.41) is 3.07. The van der Waals surface area contributed by atoms with Gasteiger partial charge in [0.2, 0.25) is 10.0 Å². The Morgan fingerprint density at radius 2 is 1.79 bits per heavy atom. The highest BCUT2D eigenvalue weighted by molar-refractivity contribution is 7.89. The molecule has 0 saturated heterocycles. The number of hydrogen-bond donors (Lipinski definition) is 1. The summed E-state index contributed by atoms with van der Waals surface area (Å²) < 4.78 is 44.0. The number of hydrogen-bond acceptors (Lipinski definition) is 4. The minimum Gasteiger partial charge on any atom is -0.492 e. The van der Waals surface area contributed by atoms with Gasteiger partial charge in [-0.25, -0.2) is 17.1 Å². The van der Waals surface area contributed by atoms with Crippen molar-refractivity contribution >= 4 is 15.7 Å². The van der Waals surface area contributed by atoms with Crippen LogP contribution in [0.4, 0.5) is 10.1 Å². The number of rotatable bonds is 7. The molecule has 0 radical (unpaired) electrons. The number of aryl methyl sites for hydroxylation is 1. The Balaban J connectivity index is 1.85. The fraction of sp³-hybridized carbons (Fsp3) is 0.294. The van der Waals surface area contributed by atoms with Gasteiger partial charge in [-0.2, -0.15) is 0 Å². The van der Waals surface area contributed by atoms with Crippen LogP contribution in [0.1, 0.15) is 5.56 Å². The average Bonchev–Trinajstić information content (AvgIpc) is 2.55. The number of nitrogens with one attached hydrogen (secondary N) is 1. The van der Waals surface area contributed by atoms with Crippen molar-refractivity contribution in [3.8, 4) is 5.75 Å². The topological polar surface area (TPSA) is 58.6 Å². The highest BCUT2D eigenvalue weighted by Crippen LogP contribution is 2.18. The molecule has 24 heavy (non-hydrogen) atoms. The summed E-state index contributed by atoms with van der Waals surface area (Å²) in [5.41, 5.74) is 1.29. The Bertz CT molecular complexity index is 790. The molecule has 2 aromatic rings. The molecule has 130 valence electrons. The number of benzene rings is 2. The molecule has 7 heteroatoms. The van der Waals surface area contributed by atoms with Crippen molar-refractivity contribution in [3.05, 3.63) is 53.8 Å². The Morgan fingerprint density at radius 1 is 1.12 bits per heavy atom. The first kappa shape index (κ1) is 18.2. The van der Waals surface area contributed by atoms with Gasteiger partial charge in [0.25, 0.3) is 0 Å². The predicted molar refractivity (Wildman–Crippen MR) is 92.4 cm³/mol. The number of nitrogens with zero attached hydrogens (tertiary/aromatic N) is 1. The maximum absolute atomic E-state index is 13.4. The molecule has 0 aliphatic carbocycles. The van der Waals surface area contributed by atoms with Gasteiger partial charge in [-0.15, -0.1) is 0 Å². The van der Waals surface area contributed by atoms with Gasteiger partial charge in [0, 0.05) is 26.3 Å². The largest absolute Gasteiger partial charge is 0.492 e. The van der Waals surface area contributed by atoms with E-state index in [1.54, 1.807) is 31.2 Å². The lowest BCUT2D eigenvalue weighted by Gasteiger charge is -2.12. The molecular formula is C17H21FN2O3S. The van der Waals surface area contributed by atoms with Crippen molar-refractivity contribution in [2.24, 2.45) is 0 Å². The normalized spacial score (nSPS) is 11.5. The van der Waals surface area contributed by atoms with Gasteiger partial charge < -0.3 is 10.1 Å². The van der Waals surface area contributed by atoms with Crippen LogP contribution in [0.15, 0.2) is 47.4 Å². The van der Waals surface area contributed by atoms with Gasteiger partial charge >= 0.3 is 0 Å². The Kier molecular flexibility index (Phi) is 5.80. The third-order valence-corrected chi connectivity index (χ3v) is 5.30. The van der Waals surface area contributed by atoms with Gasteiger partial charge in [-0.1, -0.05) is 6.07 Å². The second-order valence-corrected chi connectivity index (χ2v) is 7.65. The molecule has 0 amide bonds. The summed E-state index contributed by atoms with van der Waals surface area (Å²) in [6, 6.07) is 11.2. The van der Waals surface area contributed by atoms with Gasteiger partial charge in [0.15, 0.2) is 0 Å². The third-order valence-electron chi connectivity index (χ3n) is 3.47. The molecule has 0 aromatic heterocycles. The fourth-order valence-corrected chi connectivity index (χ4v) is 2.89. The lowest BCUT2D eigenvalue weighted by atomic mass is 10.2. The first-order valence-electron chi connectivity index (χ1n) is 7.46. The summed E-state index contributed by atoms with van der Waals surface area (Å²) in [7, 11) is -0.462. The molecule has 2 rings (SSSR count). The number of anilines is 1. The summed E-state index contributed by atoms with van der Waals surface area (Å²) in [4.78, 5) is 0.216. The molecule has 0 spiro atoms. The van der Waals surface area contributed by atoms with Gasteiger partial charge in [0.05, 0.1) is 4.90 Å². The predicted octanol–water partition coefficient (Wildman–Crippen LogP) is 2.88. The Labute approximate surface area is 142 Å². The maximum Gasteiger partial charge on any atom is 0.242 e. The third kappa shape index (κ3) is 4.46. The number of sulfonamides is 1. The minimum atomic E-state index is -3.43. The molecule has 2 aromatic carbocycles. The van der Waals surface area contributed by atoms with Crippen LogP contribution >= 0.6 is 0 Å². The van der Waals surface area contributed by atoms with E-state index < -0.39 is 10.0 Å². The maximum atomic E-state index is 13.4. The Hall–Kier alpha value is -2.12. The first-order valence-corrected chi connectivity index (χ1v) is 8.90. The van der Waals surface area contributed by atoms with E-state index >= 15 is 0 Å². The van der Waals surface area contributed by atoms with Crippen LogP contribution in [0.2, 0.25) is 0 Å². The van der Waals surface area contributed by atoms with Crippen molar-refractivity contribution < 1.29 is 17.5 Å². The van der Waals surface area contributed by atoms with Crippen molar-refractivity contribution in [1.29, 1.82) is 0 Å². The summed E-state index contributed by atoms with van der Waals surface area (Å²) >= 11 is 0. The van der Waals surface area contributed by atoms with Gasteiger partial charge in [-0.3, -0.25) is 0 Å². The lowest BCUT2D eigenvalue weighted by molar-refractivity contribution is 0.332. The first-order chi connectivity index (χ1) is 11.3. The smallest absolute Gasteiger partial charge is 0.242 e. The summed E-state index contributed by atoms with van der Waals surface area (Å²) in [5.74, 6) is 0.322. The molecule has 0 heterocycles. The van der Waals surface area contributed by atoms with Gasteiger partial charge in [0.1, 0.15) is 18.2 Å². The number of ether oxygens (including phenoxy) is 1. The van der Waals surface area contributed by atoms with E-state index in [0.29, 0.717) is 30.2 Å². The molecule has 0 unspecified atom stereocenters. The zero-order valence-electron chi connectivity index (χ0n) is 13.9. The van der Waals surface area contributed by atoms with E-state index in [0.717, 1.165) is 4.31 Å². The van der Waals surface area contributed by atoms with Crippen LogP contribution in [0.25, 0.3) is 0 Å². The SMILES string of the molecule is Cc1ccc(NCCOc2ccc(S(=O)(=O)N(C)C)cc2)cc1F. The Morgan fingerprint density at radius 3 is 2.38 bits per heavy atom. The monoisotopic (exact) mass is 352 g/mol. The molecular weight excluding hydrogens is 331 g/mol. The molecule has 0 atom stereocenters. The second-order valence-electron chi connectivity index (χ2n) is 5.50. The molecule has 0 aliphatic rings. The summed E-state index contributed by atoms with van der Waals surface area (Å²) in [6.07, 6.45) is 0. The van der Waals surface area contributed by atoms with Crippen molar-refractivity contribution in [2.75, 3.05) is 32.6 Å². The van der Waals surface area contributed by atoms with Crippen molar-refractivity contribution in [2.45, 2.75) is 11.8 Å². The quantitative estimate of drug-likeness (QED) is 0.779. The van der Waals surface area contributed by atoms with E-state index in [1.807, 2.05) is 0 Å². The lowest BCUT2D eigenvalue weighted by Crippen LogP contribution is -2.22. The highest BCUT2D eigenvalue weighted by Gasteiger charge is 2.16. The zero-order chi connectivity index (χ0) is 17.7. The van der Waals surface area contributed by atoms with E-state index in [9.17, 15) is 12.8 Å². The minimum absolute atomic E-state index is 0.216. The van der Waals surface area contributed by atoms with Crippen LogP contribution in [0.5, 0.6) is 5.75 Å². The molecule has 5 nitrogen and oxygen atoms in total. The van der Waals surface area contributed by atoms with Crippen LogP contribution in [0.3, 0.4) is 0 Å². The molecule has 0 bridgehead atoms. The highest BCUT2D eigenvalue weighted by atomic mass is 32.2. The number of halogens is 1.